The van der Waals surface area contributed by atoms with Crippen LogP contribution in [0.3, 0.4) is 0 Å². The third-order valence-electron chi connectivity index (χ3n) is 3.48. The quantitative estimate of drug-likeness (QED) is 0.928. The van der Waals surface area contributed by atoms with Gasteiger partial charge < -0.3 is 9.84 Å². The molecule has 1 N–H and O–H groups in total. The van der Waals surface area contributed by atoms with Gasteiger partial charge in [0.2, 0.25) is 5.88 Å². The Hall–Kier alpha value is -2.36. The largest absolute Gasteiger partial charge is 0.478 e. The van der Waals surface area contributed by atoms with Crippen LogP contribution in [0.25, 0.3) is 0 Å². The molecular weight excluding hydrogens is 254 g/mol. The number of hydrogen-bond acceptors (Lipinski definition) is 3. The Morgan fingerprint density at radius 1 is 1.25 bits per heavy atom. The maximum Gasteiger partial charge on any atom is 0.339 e. The molecular formula is C16H15NO3. The Kier molecular flexibility index (Phi) is 3.14. The van der Waals surface area contributed by atoms with E-state index in [-0.39, 0.29) is 5.56 Å². The number of carboxylic acid groups (broad SMARTS) is 1. The molecule has 0 atom stereocenters. The van der Waals surface area contributed by atoms with Crippen molar-refractivity contribution in [3.8, 4) is 11.6 Å². The van der Waals surface area contributed by atoms with E-state index in [9.17, 15) is 9.90 Å². The molecule has 102 valence electrons. The summed E-state index contributed by atoms with van der Waals surface area (Å²) in [5.74, 6) is -0.206. The zero-order chi connectivity index (χ0) is 14.1. The fraction of sp³-hybridized carbons (Fsp3) is 0.250. The van der Waals surface area contributed by atoms with Crippen molar-refractivity contribution < 1.29 is 14.6 Å². The van der Waals surface area contributed by atoms with Gasteiger partial charge in [0.1, 0.15) is 11.3 Å². The summed E-state index contributed by atoms with van der Waals surface area (Å²) in [6.45, 7) is 1.90. The second-order valence-corrected chi connectivity index (χ2v) is 5.02. The third kappa shape index (κ3) is 2.37. The summed E-state index contributed by atoms with van der Waals surface area (Å²) in [4.78, 5) is 15.7. The molecule has 1 aromatic heterocycles. The first-order valence-corrected chi connectivity index (χ1v) is 6.64. The molecule has 0 spiro atoms. The van der Waals surface area contributed by atoms with Crippen LogP contribution in [-0.2, 0) is 12.8 Å². The normalized spacial score (nSPS) is 13.1. The summed E-state index contributed by atoms with van der Waals surface area (Å²) in [7, 11) is 0. The molecule has 20 heavy (non-hydrogen) atoms. The zero-order valence-electron chi connectivity index (χ0n) is 11.2. The Morgan fingerprint density at radius 2 is 2.10 bits per heavy atom. The molecule has 1 aromatic carbocycles. The van der Waals surface area contributed by atoms with Crippen LogP contribution in [0.2, 0.25) is 0 Å². The fourth-order valence-electron chi connectivity index (χ4n) is 2.46. The van der Waals surface area contributed by atoms with Gasteiger partial charge in [-0.2, -0.15) is 0 Å². The lowest BCUT2D eigenvalue weighted by Crippen LogP contribution is -2.01. The molecule has 0 bridgehead atoms. The van der Waals surface area contributed by atoms with E-state index in [0.29, 0.717) is 11.6 Å². The van der Waals surface area contributed by atoms with Crippen LogP contribution >= 0.6 is 0 Å². The molecule has 1 heterocycles. The highest BCUT2D eigenvalue weighted by Gasteiger charge is 2.16. The van der Waals surface area contributed by atoms with E-state index in [4.69, 9.17) is 4.74 Å². The molecule has 0 unspecified atom stereocenters. The van der Waals surface area contributed by atoms with Gasteiger partial charge in [0.05, 0.1) is 0 Å². The fourth-order valence-corrected chi connectivity index (χ4v) is 2.46. The van der Waals surface area contributed by atoms with Crippen molar-refractivity contribution in [2.75, 3.05) is 0 Å². The number of hydrogen-bond donors (Lipinski definition) is 1. The van der Waals surface area contributed by atoms with Crippen LogP contribution in [-0.4, -0.2) is 16.1 Å². The molecule has 0 saturated carbocycles. The van der Waals surface area contributed by atoms with Gasteiger partial charge in [-0.3, -0.25) is 0 Å². The van der Waals surface area contributed by atoms with Gasteiger partial charge in [0.15, 0.2) is 0 Å². The van der Waals surface area contributed by atoms with Crippen LogP contribution < -0.4 is 4.74 Å². The predicted octanol–water partition coefficient (Wildman–Crippen LogP) is 3.37. The molecule has 0 fully saturated rings. The van der Waals surface area contributed by atoms with Gasteiger partial charge in [-0.05, 0) is 49.4 Å². The number of nitrogens with zero attached hydrogens (tertiary/aromatic N) is 1. The third-order valence-corrected chi connectivity index (χ3v) is 3.48. The van der Waals surface area contributed by atoms with Crippen LogP contribution in [0.1, 0.15) is 33.6 Å². The lowest BCUT2D eigenvalue weighted by atomic mass is 10.1. The second kappa shape index (κ2) is 4.96. The minimum absolute atomic E-state index is 0.151. The maximum absolute atomic E-state index is 11.2. The molecule has 0 aliphatic heterocycles. The second-order valence-electron chi connectivity index (χ2n) is 5.02. The first kappa shape index (κ1) is 12.7. The average Bonchev–Trinajstić information content (AvgIpc) is 2.85. The van der Waals surface area contributed by atoms with Crippen molar-refractivity contribution in [3.63, 3.8) is 0 Å². The van der Waals surface area contributed by atoms with Crippen molar-refractivity contribution in [3.05, 3.63) is 52.7 Å². The molecule has 2 aromatic rings. The van der Waals surface area contributed by atoms with Gasteiger partial charge in [-0.15, -0.1) is 0 Å². The van der Waals surface area contributed by atoms with Gasteiger partial charge in [-0.1, -0.05) is 12.1 Å². The number of carbonyl (C=O) groups is 1. The SMILES string of the molecule is Cc1ccc(C(=O)O)c(Oc2ccc3c(n2)CCC3)c1. The highest BCUT2D eigenvalue weighted by Crippen LogP contribution is 2.28. The lowest BCUT2D eigenvalue weighted by Gasteiger charge is -2.10. The first-order chi connectivity index (χ1) is 9.63. The van der Waals surface area contributed by atoms with Crippen LogP contribution in [0, 0.1) is 6.92 Å². The van der Waals surface area contributed by atoms with Crippen molar-refractivity contribution in [2.45, 2.75) is 26.2 Å². The molecule has 4 nitrogen and oxygen atoms in total. The minimum Gasteiger partial charge on any atom is -0.478 e. The number of rotatable bonds is 3. The number of fused-ring (bicyclic) bond motifs is 1. The predicted molar refractivity (Wildman–Crippen MR) is 74.5 cm³/mol. The number of carboxylic acids is 1. The topological polar surface area (TPSA) is 59.4 Å². The van der Waals surface area contributed by atoms with Crippen LogP contribution in [0.15, 0.2) is 30.3 Å². The molecule has 0 amide bonds. The smallest absolute Gasteiger partial charge is 0.339 e. The summed E-state index contributed by atoms with van der Waals surface area (Å²) >= 11 is 0. The summed E-state index contributed by atoms with van der Waals surface area (Å²) < 4.78 is 5.68. The maximum atomic E-state index is 11.2. The van der Waals surface area contributed by atoms with Crippen molar-refractivity contribution in [1.29, 1.82) is 0 Å². The number of ether oxygens (including phenoxy) is 1. The van der Waals surface area contributed by atoms with Gasteiger partial charge in [0, 0.05) is 11.8 Å². The lowest BCUT2D eigenvalue weighted by molar-refractivity contribution is 0.0694. The van der Waals surface area contributed by atoms with Crippen molar-refractivity contribution in [1.82, 2.24) is 4.98 Å². The summed E-state index contributed by atoms with van der Waals surface area (Å²) in [6, 6.07) is 8.85. The zero-order valence-corrected chi connectivity index (χ0v) is 11.2. The van der Waals surface area contributed by atoms with E-state index in [2.05, 4.69) is 4.98 Å². The number of aromatic nitrogens is 1. The van der Waals surface area contributed by atoms with E-state index in [1.165, 1.54) is 5.56 Å². The van der Waals surface area contributed by atoms with Crippen molar-refractivity contribution >= 4 is 5.97 Å². The van der Waals surface area contributed by atoms with Gasteiger partial charge in [-0.25, -0.2) is 9.78 Å². The highest BCUT2D eigenvalue weighted by atomic mass is 16.5. The van der Waals surface area contributed by atoms with E-state index in [0.717, 1.165) is 30.5 Å². The molecule has 0 saturated heterocycles. The van der Waals surface area contributed by atoms with Gasteiger partial charge >= 0.3 is 5.97 Å². The average molecular weight is 269 g/mol. The number of pyridine rings is 1. The minimum atomic E-state index is -0.999. The summed E-state index contributed by atoms with van der Waals surface area (Å²) in [5, 5.41) is 9.19. The Bertz CT molecular complexity index is 679. The van der Waals surface area contributed by atoms with E-state index in [1.807, 2.05) is 13.0 Å². The van der Waals surface area contributed by atoms with E-state index < -0.39 is 5.97 Å². The summed E-state index contributed by atoms with van der Waals surface area (Å²) in [5.41, 5.74) is 3.43. The number of aromatic carboxylic acids is 1. The molecule has 4 heteroatoms. The molecule has 3 rings (SSSR count). The molecule has 1 aliphatic rings. The standard InChI is InChI=1S/C16H15NO3/c1-10-5-7-12(16(18)19)14(9-10)20-15-8-6-11-3-2-4-13(11)17-15/h5-9H,2-4H2,1H3,(H,18,19). The van der Waals surface area contributed by atoms with Gasteiger partial charge in [0.25, 0.3) is 0 Å². The molecule has 0 radical (unpaired) electrons. The first-order valence-electron chi connectivity index (χ1n) is 6.64. The number of aryl methyl sites for hydroxylation is 3. The number of benzene rings is 1. The highest BCUT2D eigenvalue weighted by molar-refractivity contribution is 5.91. The Balaban J connectivity index is 1.95. The summed E-state index contributed by atoms with van der Waals surface area (Å²) in [6.07, 6.45) is 3.15. The van der Waals surface area contributed by atoms with Crippen LogP contribution in [0.4, 0.5) is 0 Å². The Labute approximate surface area is 117 Å². The van der Waals surface area contributed by atoms with Crippen LogP contribution in [0.5, 0.6) is 11.6 Å². The van der Waals surface area contributed by atoms with E-state index in [1.54, 1.807) is 24.3 Å². The van der Waals surface area contributed by atoms with E-state index >= 15 is 0 Å². The Morgan fingerprint density at radius 3 is 2.90 bits per heavy atom. The monoisotopic (exact) mass is 269 g/mol. The van der Waals surface area contributed by atoms with Crippen molar-refractivity contribution in [2.24, 2.45) is 0 Å². The molecule has 1 aliphatic carbocycles.